The molecule has 0 spiro atoms. The average Bonchev–Trinajstić information content (AvgIpc) is 2.77. The van der Waals surface area contributed by atoms with Crippen molar-refractivity contribution in [2.24, 2.45) is 11.7 Å². The van der Waals surface area contributed by atoms with Gasteiger partial charge in [-0.3, -0.25) is 9.59 Å². The van der Waals surface area contributed by atoms with Gasteiger partial charge < -0.3 is 22.1 Å². The lowest BCUT2D eigenvalue weighted by atomic mass is 9.87. The number of nitrogens with two attached hydrogens (primary N) is 2. The lowest BCUT2D eigenvalue weighted by Gasteiger charge is -2.27. The number of thiophene rings is 1. The Labute approximate surface area is 128 Å². The summed E-state index contributed by atoms with van der Waals surface area (Å²) in [7, 11) is 1.53. The minimum absolute atomic E-state index is 0.165. The van der Waals surface area contributed by atoms with Crippen LogP contribution in [0.1, 0.15) is 52.6 Å². The van der Waals surface area contributed by atoms with Crippen LogP contribution >= 0.6 is 11.3 Å². The van der Waals surface area contributed by atoms with E-state index in [0.717, 1.165) is 31.6 Å². The van der Waals surface area contributed by atoms with E-state index in [1.54, 1.807) is 0 Å². The Balaban J connectivity index is 2.25. The van der Waals surface area contributed by atoms with Crippen LogP contribution in [0.4, 0.5) is 10.7 Å². The van der Waals surface area contributed by atoms with Crippen molar-refractivity contribution in [1.29, 1.82) is 0 Å². The van der Waals surface area contributed by atoms with E-state index in [1.807, 2.05) is 0 Å². The van der Waals surface area contributed by atoms with Gasteiger partial charge in [0.2, 0.25) is 0 Å². The van der Waals surface area contributed by atoms with Crippen molar-refractivity contribution < 1.29 is 9.59 Å². The van der Waals surface area contributed by atoms with Gasteiger partial charge in [0, 0.05) is 13.1 Å². The number of hydrogen-bond donors (Lipinski definition) is 4. The first-order chi connectivity index (χ1) is 9.93. The SMILES string of the molecule is CNC(=O)c1sc(NC2CCC(C)CC2)c(C(N)=O)c1N. The number of hydrogen-bond acceptors (Lipinski definition) is 5. The van der Waals surface area contributed by atoms with E-state index in [1.165, 1.54) is 18.4 Å². The van der Waals surface area contributed by atoms with Gasteiger partial charge >= 0.3 is 0 Å². The van der Waals surface area contributed by atoms with Gasteiger partial charge in [-0.05, 0) is 31.6 Å². The quantitative estimate of drug-likeness (QED) is 0.679. The molecule has 0 atom stereocenters. The Hall–Kier alpha value is -1.76. The molecule has 7 heteroatoms. The zero-order valence-corrected chi connectivity index (χ0v) is 13.2. The van der Waals surface area contributed by atoms with Crippen LogP contribution in [0.25, 0.3) is 0 Å². The molecular formula is C14H22N4O2S. The number of anilines is 2. The second kappa shape index (κ2) is 6.34. The second-order valence-corrected chi connectivity index (χ2v) is 6.61. The number of carbonyl (C=O) groups is 2. The molecule has 6 nitrogen and oxygen atoms in total. The van der Waals surface area contributed by atoms with Crippen LogP contribution in [-0.4, -0.2) is 24.9 Å². The van der Waals surface area contributed by atoms with Gasteiger partial charge in [-0.25, -0.2) is 0 Å². The number of nitrogens with one attached hydrogen (secondary N) is 2. The van der Waals surface area contributed by atoms with Gasteiger partial charge in [0.05, 0.1) is 11.3 Å². The van der Waals surface area contributed by atoms with Gasteiger partial charge in [-0.2, -0.15) is 0 Å². The minimum atomic E-state index is -0.606. The van der Waals surface area contributed by atoms with Gasteiger partial charge in [0.1, 0.15) is 9.88 Å². The lowest BCUT2D eigenvalue weighted by Crippen LogP contribution is -2.26. The van der Waals surface area contributed by atoms with Gasteiger partial charge in [0.15, 0.2) is 0 Å². The largest absolute Gasteiger partial charge is 0.397 e. The summed E-state index contributed by atoms with van der Waals surface area (Å²) >= 11 is 1.19. The van der Waals surface area contributed by atoms with Gasteiger partial charge in [0.25, 0.3) is 11.8 Å². The van der Waals surface area contributed by atoms with Crippen LogP contribution in [0, 0.1) is 5.92 Å². The summed E-state index contributed by atoms with van der Waals surface area (Å²) in [6.07, 6.45) is 4.42. The third-order valence-electron chi connectivity index (χ3n) is 3.98. The first-order valence-corrected chi connectivity index (χ1v) is 7.96. The summed E-state index contributed by atoms with van der Waals surface area (Å²) in [6, 6.07) is 0.301. The van der Waals surface area contributed by atoms with E-state index in [4.69, 9.17) is 11.5 Å². The number of amides is 2. The molecule has 1 fully saturated rings. The third-order valence-corrected chi connectivity index (χ3v) is 5.11. The topological polar surface area (TPSA) is 110 Å². The molecule has 1 aliphatic carbocycles. The van der Waals surface area contributed by atoms with Crippen LogP contribution < -0.4 is 22.1 Å². The first kappa shape index (κ1) is 15.6. The van der Waals surface area contributed by atoms with Crippen molar-refractivity contribution in [1.82, 2.24) is 5.32 Å². The lowest BCUT2D eigenvalue weighted by molar-refractivity contribution is 0.0967. The maximum atomic E-state index is 11.8. The second-order valence-electron chi connectivity index (χ2n) is 5.59. The van der Waals surface area contributed by atoms with E-state index in [9.17, 15) is 9.59 Å². The highest BCUT2D eigenvalue weighted by atomic mass is 32.1. The smallest absolute Gasteiger partial charge is 0.263 e. The molecule has 0 saturated heterocycles. The zero-order chi connectivity index (χ0) is 15.6. The zero-order valence-electron chi connectivity index (χ0n) is 12.4. The van der Waals surface area contributed by atoms with Gasteiger partial charge in [-0.1, -0.05) is 6.92 Å². The molecule has 0 aromatic carbocycles. The molecular weight excluding hydrogens is 288 g/mol. The summed E-state index contributed by atoms with van der Waals surface area (Å²) in [5.74, 6) is -0.163. The van der Waals surface area contributed by atoms with E-state index in [-0.39, 0.29) is 17.2 Å². The number of primary amides is 1. The molecule has 0 unspecified atom stereocenters. The van der Waals surface area contributed by atoms with Crippen molar-refractivity contribution >= 4 is 33.8 Å². The molecule has 1 aromatic rings. The molecule has 1 aromatic heterocycles. The average molecular weight is 310 g/mol. The summed E-state index contributed by atoms with van der Waals surface area (Å²) in [5, 5.41) is 6.48. The summed E-state index contributed by atoms with van der Waals surface area (Å²) < 4.78 is 0. The molecule has 1 saturated carbocycles. The van der Waals surface area contributed by atoms with Crippen molar-refractivity contribution in [3.05, 3.63) is 10.4 Å². The Kier molecular flexibility index (Phi) is 4.72. The molecule has 2 rings (SSSR count). The number of carbonyl (C=O) groups excluding carboxylic acids is 2. The summed E-state index contributed by atoms with van der Waals surface area (Å²) in [6.45, 7) is 2.25. The maximum Gasteiger partial charge on any atom is 0.263 e. The molecule has 21 heavy (non-hydrogen) atoms. The standard InChI is InChI=1S/C14H22N4O2S/c1-7-3-5-8(6-4-7)18-14-9(12(16)19)10(15)11(21-14)13(20)17-2/h7-8,18H,3-6,15H2,1-2H3,(H2,16,19)(H,17,20). The summed E-state index contributed by atoms with van der Waals surface area (Å²) in [4.78, 5) is 23.8. The molecule has 116 valence electrons. The highest BCUT2D eigenvalue weighted by molar-refractivity contribution is 7.19. The van der Waals surface area contributed by atoms with E-state index in [0.29, 0.717) is 15.9 Å². The number of rotatable bonds is 4. The third kappa shape index (κ3) is 3.29. The Bertz CT molecular complexity index is 547. The van der Waals surface area contributed by atoms with Crippen molar-refractivity contribution in [3.63, 3.8) is 0 Å². The normalized spacial score (nSPS) is 21.8. The predicted octanol–water partition coefficient (Wildman–Crippen LogP) is 1.78. The molecule has 1 aliphatic rings. The van der Waals surface area contributed by atoms with E-state index >= 15 is 0 Å². The van der Waals surface area contributed by atoms with Gasteiger partial charge in [-0.15, -0.1) is 11.3 Å². The van der Waals surface area contributed by atoms with E-state index < -0.39 is 5.91 Å². The Morgan fingerprint density at radius 1 is 1.24 bits per heavy atom. The van der Waals surface area contributed by atoms with Crippen LogP contribution in [0.3, 0.4) is 0 Å². The fraction of sp³-hybridized carbons (Fsp3) is 0.571. The van der Waals surface area contributed by atoms with E-state index in [2.05, 4.69) is 17.6 Å². The Morgan fingerprint density at radius 2 is 1.86 bits per heavy atom. The molecule has 0 aliphatic heterocycles. The highest BCUT2D eigenvalue weighted by Gasteiger charge is 2.26. The summed E-state index contributed by atoms with van der Waals surface area (Å²) in [5.41, 5.74) is 11.7. The highest BCUT2D eigenvalue weighted by Crippen LogP contribution is 2.37. The molecule has 0 radical (unpaired) electrons. The first-order valence-electron chi connectivity index (χ1n) is 7.14. The minimum Gasteiger partial charge on any atom is -0.397 e. The fourth-order valence-corrected chi connectivity index (χ4v) is 3.81. The Morgan fingerprint density at radius 3 is 2.38 bits per heavy atom. The maximum absolute atomic E-state index is 11.8. The molecule has 2 amide bonds. The molecule has 1 heterocycles. The van der Waals surface area contributed by atoms with Crippen molar-refractivity contribution in [2.45, 2.75) is 38.6 Å². The number of nitrogen functional groups attached to an aromatic ring is 1. The van der Waals surface area contributed by atoms with Crippen LogP contribution in [0.15, 0.2) is 0 Å². The van der Waals surface area contributed by atoms with Crippen LogP contribution in [0.2, 0.25) is 0 Å². The van der Waals surface area contributed by atoms with Crippen LogP contribution in [0.5, 0.6) is 0 Å². The predicted molar refractivity (Wildman–Crippen MR) is 85.7 cm³/mol. The van der Waals surface area contributed by atoms with Crippen LogP contribution in [-0.2, 0) is 0 Å². The van der Waals surface area contributed by atoms with Crippen molar-refractivity contribution in [3.8, 4) is 0 Å². The molecule has 0 bridgehead atoms. The monoisotopic (exact) mass is 310 g/mol. The van der Waals surface area contributed by atoms with Crippen molar-refractivity contribution in [2.75, 3.05) is 18.1 Å². The fourth-order valence-electron chi connectivity index (χ4n) is 2.66. The molecule has 6 N–H and O–H groups in total.